The lowest BCUT2D eigenvalue weighted by Gasteiger charge is -2.15. The molecule has 0 spiro atoms. The van der Waals surface area contributed by atoms with Crippen LogP contribution >= 0.6 is 0 Å². The summed E-state index contributed by atoms with van der Waals surface area (Å²) in [7, 11) is -1.87. The SMILES string of the molecule is COc1cc(NS(=O)(=O)c2cc(C(=O)O)ccc2F)c(C(C)=O)cc1OC. The number of sulfonamides is 1. The zero-order valence-electron chi connectivity index (χ0n) is 14.6. The highest BCUT2D eigenvalue weighted by Crippen LogP contribution is 2.35. The molecule has 8 nitrogen and oxygen atoms in total. The molecule has 0 aliphatic carbocycles. The van der Waals surface area contributed by atoms with Crippen LogP contribution in [0.25, 0.3) is 0 Å². The van der Waals surface area contributed by atoms with Gasteiger partial charge in [-0.1, -0.05) is 0 Å². The number of carbonyl (C=O) groups excluding carboxylic acids is 1. The number of Topliss-reactive ketones (excluding diaryl/α,β-unsaturated/α-hetero) is 1. The van der Waals surface area contributed by atoms with Gasteiger partial charge in [0.25, 0.3) is 10.0 Å². The first kappa shape index (κ1) is 20.2. The first-order valence-electron chi connectivity index (χ1n) is 7.43. The molecule has 144 valence electrons. The maximum Gasteiger partial charge on any atom is 0.335 e. The number of hydrogen-bond acceptors (Lipinski definition) is 6. The molecule has 0 fully saturated rings. The van der Waals surface area contributed by atoms with Crippen molar-refractivity contribution in [3.05, 3.63) is 47.3 Å². The number of rotatable bonds is 7. The smallest absolute Gasteiger partial charge is 0.335 e. The predicted octanol–water partition coefficient (Wildman–Crippen LogP) is 2.54. The van der Waals surface area contributed by atoms with Gasteiger partial charge >= 0.3 is 5.97 Å². The second-order valence-corrected chi connectivity index (χ2v) is 7.02. The number of carboxylic acids is 1. The molecule has 0 heterocycles. The zero-order valence-corrected chi connectivity index (χ0v) is 15.4. The lowest BCUT2D eigenvalue weighted by molar-refractivity contribution is 0.0696. The number of anilines is 1. The molecular formula is C17H16FNO7S. The molecule has 0 aromatic heterocycles. The van der Waals surface area contributed by atoms with E-state index in [4.69, 9.17) is 14.6 Å². The molecule has 0 atom stereocenters. The van der Waals surface area contributed by atoms with Crippen molar-refractivity contribution in [2.75, 3.05) is 18.9 Å². The van der Waals surface area contributed by atoms with Crippen molar-refractivity contribution < 1.29 is 37.0 Å². The Morgan fingerprint density at radius 1 is 1.07 bits per heavy atom. The molecule has 0 radical (unpaired) electrons. The van der Waals surface area contributed by atoms with Crippen LogP contribution in [0, 0.1) is 5.82 Å². The number of halogens is 1. The molecule has 0 aliphatic heterocycles. The van der Waals surface area contributed by atoms with Gasteiger partial charge in [-0.3, -0.25) is 9.52 Å². The third kappa shape index (κ3) is 4.17. The van der Waals surface area contributed by atoms with Crippen molar-refractivity contribution in [2.45, 2.75) is 11.8 Å². The lowest BCUT2D eigenvalue weighted by Crippen LogP contribution is -2.17. The fraction of sp³-hybridized carbons (Fsp3) is 0.176. The highest BCUT2D eigenvalue weighted by Gasteiger charge is 2.24. The van der Waals surface area contributed by atoms with Gasteiger partial charge in [0.05, 0.1) is 25.5 Å². The van der Waals surface area contributed by atoms with Crippen molar-refractivity contribution in [3.8, 4) is 11.5 Å². The maximum absolute atomic E-state index is 14.0. The van der Waals surface area contributed by atoms with Crippen LogP contribution in [0.4, 0.5) is 10.1 Å². The van der Waals surface area contributed by atoms with Crippen LogP contribution < -0.4 is 14.2 Å². The molecule has 2 aromatic rings. The standard InChI is InChI=1S/C17H16FNO7S/c1-9(20)11-7-14(25-2)15(26-3)8-13(11)19-27(23,24)16-6-10(17(21)22)4-5-12(16)18/h4-8,19H,1-3H3,(H,21,22). The third-order valence-electron chi connectivity index (χ3n) is 3.61. The molecular weight excluding hydrogens is 381 g/mol. The molecule has 2 aromatic carbocycles. The van der Waals surface area contributed by atoms with Crippen molar-refractivity contribution in [1.82, 2.24) is 0 Å². The van der Waals surface area contributed by atoms with Crippen molar-refractivity contribution in [1.29, 1.82) is 0 Å². The minimum absolute atomic E-state index is 0.0361. The Kier molecular flexibility index (Phi) is 5.69. The number of carbonyl (C=O) groups is 2. The molecule has 0 saturated carbocycles. The van der Waals surface area contributed by atoms with Gasteiger partial charge in [0.2, 0.25) is 0 Å². The van der Waals surface area contributed by atoms with Crippen LogP contribution in [-0.2, 0) is 10.0 Å². The van der Waals surface area contributed by atoms with E-state index in [2.05, 4.69) is 4.72 Å². The average Bonchev–Trinajstić information content (AvgIpc) is 2.60. The Morgan fingerprint density at radius 2 is 1.67 bits per heavy atom. The Hall–Kier alpha value is -3.14. The van der Waals surface area contributed by atoms with Crippen molar-refractivity contribution >= 4 is 27.5 Å². The third-order valence-corrected chi connectivity index (χ3v) is 5.00. The van der Waals surface area contributed by atoms with Gasteiger partial charge in [-0.05, 0) is 31.2 Å². The molecule has 10 heteroatoms. The Labute approximate surface area is 154 Å². The zero-order chi connectivity index (χ0) is 20.4. The highest BCUT2D eigenvalue weighted by atomic mass is 32.2. The Morgan fingerprint density at radius 3 is 2.19 bits per heavy atom. The number of hydrogen-bond donors (Lipinski definition) is 2. The first-order chi connectivity index (χ1) is 12.6. The van der Waals surface area contributed by atoms with E-state index in [0.29, 0.717) is 6.07 Å². The van der Waals surface area contributed by atoms with Gasteiger partial charge < -0.3 is 14.6 Å². The van der Waals surface area contributed by atoms with E-state index in [0.717, 1.165) is 12.1 Å². The van der Waals surface area contributed by atoms with E-state index in [9.17, 15) is 22.4 Å². The van der Waals surface area contributed by atoms with Gasteiger partial charge in [0, 0.05) is 11.6 Å². The summed E-state index contributed by atoms with van der Waals surface area (Å²) in [5.41, 5.74) is -0.609. The quantitative estimate of drug-likeness (QED) is 0.689. The van der Waals surface area contributed by atoms with Crippen LogP contribution in [0.2, 0.25) is 0 Å². The molecule has 2 N–H and O–H groups in total. The van der Waals surface area contributed by atoms with E-state index in [1.165, 1.54) is 33.3 Å². The van der Waals surface area contributed by atoms with E-state index >= 15 is 0 Å². The average molecular weight is 397 g/mol. The number of benzene rings is 2. The molecule has 0 saturated heterocycles. The maximum atomic E-state index is 14.0. The van der Waals surface area contributed by atoms with Crippen molar-refractivity contribution in [3.63, 3.8) is 0 Å². The van der Waals surface area contributed by atoms with Crippen LogP contribution in [0.3, 0.4) is 0 Å². The highest BCUT2D eigenvalue weighted by molar-refractivity contribution is 7.92. The topological polar surface area (TPSA) is 119 Å². The van der Waals surface area contributed by atoms with Crippen LogP contribution in [0.15, 0.2) is 35.2 Å². The minimum atomic E-state index is -4.54. The summed E-state index contributed by atoms with van der Waals surface area (Å²) in [6.45, 7) is 1.21. The molecule has 0 amide bonds. The summed E-state index contributed by atoms with van der Waals surface area (Å²) in [5, 5.41) is 8.99. The minimum Gasteiger partial charge on any atom is -0.493 e. The lowest BCUT2D eigenvalue weighted by atomic mass is 10.1. The number of ketones is 1. The number of nitrogens with one attached hydrogen (secondary N) is 1. The van der Waals surface area contributed by atoms with Gasteiger partial charge in [-0.15, -0.1) is 0 Å². The van der Waals surface area contributed by atoms with Crippen LogP contribution in [0.5, 0.6) is 11.5 Å². The second kappa shape index (κ2) is 7.62. The monoisotopic (exact) mass is 397 g/mol. The Balaban J connectivity index is 2.60. The summed E-state index contributed by atoms with van der Waals surface area (Å²) in [4.78, 5) is 22.0. The number of aromatic carboxylic acids is 1. The van der Waals surface area contributed by atoms with E-state index < -0.39 is 38.1 Å². The van der Waals surface area contributed by atoms with Gasteiger partial charge in [-0.25, -0.2) is 17.6 Å². The first-order valence-corrected chi connectivity index (χ1v) is 8.91. The summed E-state index contributed by atoms with van der Waals surface area (Å²) in [5.74, 6) is -2.70. The van der Waals surface area contributed by atoms with E-state index in [1.54, 1.807) is 0 Å². The fourth-order valence-electron chi connectivity index (χ4n) is 2.30. The summed E-state index contributed by atoms with van der Waals surface area (Å²) >= 11 is 0. The summed E-state index contributed by atoms with van der Waals surface area (Å²) in [6.07, 6.45) is 0. The molecule has 0 aliphatic rings. The summed E-state index contributed by atoms with van der Waals surface area (Å²) in [6, 6.07) is 4.86. The molecule has 0 unspecified atom stereocenters. The number of methoxy groups -OCH3 is 2. The molecule has 27 heavy (non-hydrogen) atoms. The largest absolute Gasteiger partial charge is 0.493 e. The predicted molar refractivity (Wildman–Crippen MR) is 93.7 cm³/mol. The normalized spacial score (nSPS) is 11.0. The Bertz CT molecular complexity index is 1020. The molecule has 2 rings (SSSR count). The number of ether oxygens (including phenoxy) is 2. The van der Waals surface area contributed by atoms with Gasteiger partial charge in [0.1, 0.15) is 10.7 Å². The molecule has 0 bridgehead atoms. The fourth-order valence-corrected chi connectivity index (χ4v) is 3.47. The second-order valence-electron chi connectivity index (χ2n) is 5.36. The van der Waals surface area contributed by atoms with Gasteiger partial charge in [-0.2, -0.15) is 0 Å². The van der Waals surface area contributed by atoms with E-state index in [-0.39, 0.29) is 22.7 Å². The van der Waals surface area contributed by atoms with Crippen molar-refractivity contribution in [2.24, 2.45) is 0 Å². The summed E-state index contributed by atoms with van der Waals surface area (Å²) < 4.78 is 51.5. The van der Waals surface area contributed by atoms with Crippen LogP contribution in [-0.4, -0.2) is 39.5 Å². The van der Waals surface area contributed by atoms with Crippen LogP contribution in [0.1, 0.15) is 27.6 Å². The van der Waals surface area contributed by atoms with E-state index in [1.807, 2.05) is 0 Å². The van der Waals surface area contributed by atoms with Gasteiger partial charge in [0.15, 0.2) is 17.3 Å². The number of carboxylic acid groups (broad SMARTS) is 1.